The smallest absolute Gasteiger partial charge is 0.320 e. The number of aromatic nitrogens is 4. The van der Waals surface area contributed by atoms with E-state index in [0.717, 1.165) is 25.1 Å². The summed E-state index contributed by atoms with van der Waals surface area (Å²) >= 11 is 0. The lowest BCUT2D eigenvalue weighted by atomic mass is 10.1. The third kappa shape index (κ3) is 3.77. The highest BCUT2D eigenvalue weighted by Crippen LogP contribution is 2.15. The van der Waals surface area contributed by atoms with Crippen molar-refractivity contribution in [3.05, 3.63) is 30.2 Å². The molecule has 2 amide bonds. The fraction of sp³-hybridized carbons (Fsp3) is 0.467. The van der Waals surface area contributed by atoms with Crippen molar-refractivity contribution in [1.29, 1.82) is 0 Å². The van der Waals surface area contributed by atoms with Gasteiger partial charge < -0.3 is 10.2 Å². The van der Waals surface area contributed by atoms with Crippen LogP contribution in [0.15, 0.2) is 24.5 Å². The van der Waals surface area contributed by atoms with E-state index < -0.39 is 0 Å². The summed E-state index contributed by atoms with van der Waals surface area (Å²) in [4.78, 5) is 22.8. The first-order valence-corrected chi connectivity index (χ1v) is 7.72. The second kappa shape index (κ2) is 6.64. The Morgan fingerprint density at radius 1 is 1.35 bits per heavy atom. The number of anilines is 2. The molecular weight excluding hydrogens is 294 g/mol. The van der Waals surface area contributed by atoms with Gasteiger partial charge >= 0.3 is 6.03 Å². The number of carbonyl (C=O) groups excluding carboxylic acids is 1. The lowest BCUT2D eigenvalue weighted by Crippen LogP contribution is -2.49. The lowest BCUT2D eigenvalue weighted by Gasteiger charge is -2.33. The first-order valence-electron chi connectivity index (χ1n) is 7.72. The van der Waals surface area contributed by atoms with Crippen LogP contribution < -0.4 is 15.5 Å². The Kier molecular flexibility index (Phi) is 4.40. The Hall–Kier alpha value is -2.64. The quantitative estimate of drug-likeness (QED) is 0.891. The van der Waals surface area contributed by atoms with E-state index in [4.69, 9.17) is 0 Å². The van der Waals surface area contributed by atoms with E-state index in [1.165, 1.54) is 0 Å². The van der Waals surface area contributed by atoms with Gasteiger partial charge in [0.15, 0.2) is 0 Å². The van der Waals surface area contributed by atoms with Crippen molar-refractivity contribution in [2.45, 2.75) is 25.8 Å². The number of nitrogens with one attached hydrogen (secondary N) is 2. The highest BCUT2D eigenvalue weighted by atomic mass is 16.2. The van der Waals surface area contributed by atoms with E-state index in [2.05, 4.69) is 30.6 Å². The molecular formula is C15H21N7O. The molecule has 0 spiro atoms. The van der Waals surface area contributed by atoms with Crippen LogP contribution >= 0.6 is 0 Å². The fourth-order valence-corrected chi connectivity index (χ4v) is 2.80. The van der Waals surface area contributed by atoms with E-state index in [9.17, 15) is 4.79 Å². The van der Waals surface area contributed by atoms with Crippen molar-refractivity contribution in [1.82, 2.24) is 25.1 Å². The zero-order chi connectivity index (χ0) is 16.2. The topological polar surface area (TPSA) is 88.0 Å². The van der Waals surface area contributed by atoms with Crippen molar-refractivity contribution in [3.8, 4) is 0 Å². The normalized spacial score (nSPS) is 17.8. The van der Waals surface area contributed by atoms with E-state index >= 15 is 0 Å². The second-order valence-corrected chi connectivity index (χ2v) is 5.73. The van der Waals surface area contributed by atoms with Gasteiger partial charge in [-0.15, -0.1) is 0 Å². The molecule has 0 saturated carbocycles. The zero-order valence-electron chi connectivity index (χ0n) is 13.4. The van der Waals surface area contributed by atoms with Gasteiger partial charge in [0.05, 0.1) is 5.69 Å². The number of amides is 2. The Bertz CT molecular complexity index is 670. The van der Waals surface area contributed by atoms with E-state index in [-0.39, 0.29) is 12.1 Å². The predicted molar refractivity (Wildman–Crippen MR) is 87.4 cm³/mol. The maximum absolute atomic E-state index is 12.2. The summed E-state index contributed by atoms with van der Waals surface area (Å²) in [5, 5.41) is 10.1. The summed E-state index contributed by atoms with van der Waals surface area (Å²) < 4.78 is 1.65. The van der Waals surface area contributed by atoms with Crippen LogP contribution in [0.5, 0.6) is 0 Å². The van der Waals surface area contributed by atoms with Gasteiger partial charge in [-0.3, -0.25) is 10.00 Å². The molecule has 0 bridgehead atoms. The van der Waals surface area contributed by atoms with Crippen molar-refractivity contribution in [3.63, 3.8) is 0 Å². The highest BCUT2D eigenvalue weighted by molar-refractivity contribution is 5.88. The molecule has 3 rings (SSSR count). The molecule has 2 aromatic heterocycles. The fourth-order valence-electron chi connectivity index (χ4n) is 2.80. The average molecular weight is 315 g/mol. The van der Waals surface area contributed by atoms with Crippen molar-refractivity contribution in [2.75, 3.05) is 23.3 Å². The molecule has 3 heterocycles. The second-order valence-electron chi connectivity index (χ2n) is 5.73. The van der Waals surface area contributed by atoms with Gasteiger partial charge in [0, 0.05) is 44.6 Å². The van der Waals surface area contributed by atoms with Crippen LogP contribution in [0.1, 0.15) is 18.5 Å². The monoisotopic (exact) mass is 315 g/mol. The van der Waals surface area contributed by atoms with Crippen LogP contribution in [0.25, 0.3) is 0 Å². The highest BCUT2D eigenvalue weighted by Gasteiger charge is 2.23. The number of rotatable bonds is 3. The number of hydrogen-bond acceptors (Lipinski definition) is 5. The maximum atomic E-state index is 12.2. The molecule has 8 heteroatoms. The molecule has 2 N–H and O–H groups in total. The molecule has 1 aliphatic heterocycles. The number of urea groups is 1. The van der Waals surface area contributed by atoms with Gasteiger partial charge in [-0.05, 0) is 25.8 Å². The van der Waals surface area contributed by atoms with Gasteiger partial charge in [0.25, 0.3) is 0 Å². The SMILES string of the molecule is Cc1cc(NC(=O)NC2CCCN(c3ncccn3)C2)n(C)n1. The summed E-state index contributed by atoms with van der Waals surface area (Å²) in [6, 6.07) is 3.49. The largest absolute Gasteiger partial charge is 0.339 e. The molecule has 1 atom stereocenters. The molecule has 8 nitrogen and oxygen atoms in total. The minimum absolute atomic E-state index is 0.0712. The minimum atomic E-state index is -0.214. The van der Waals surface area contributed by atoms with Crippen LogP contribution in [0.3, 0.4) is 0 Å². The molecule has 0 aromatic carbocycles. The third-order valence-electron chi connectivity index (χ3n) is 3.84. The van der Waals surface area contributed by atoms with Crippen LogP contribution in [-0.4, -0.2) is 44.9 Å². The summed E-state index contributed by atoms with van der Waals surface area (Å²) in [6.45, 7) is 3.51. The average Bonchev–Trinajstić information content (AvgIpc) is 2.86. The maximum Gasteiger partial charge on any atom is 0.320 e. The zero-order valence-corrected chi connectivity index (χ0v) is 13.4. The van der Waals surface area contributed by atoms with Crippen molar-refractivity contribution in [2.24, 2.45) is 7.05 Å². The molecule has 122 valence electrons. The Morgan fingerprint density at radius 3 is 2.83 bits per heavy atom. The van der Waals surface area contributed by atoms with Crippen LogP contribution in [0, 0.1) is 6.92 Å². The molecule has 0 radical (unpaired) electrons. The van der Waals surface area contributed by atoms with Gasteiger partial charge in [-0.2, -0.15) is 5.10 Å². The van der Waals surface area contributed by atoms with E-state index in [0.29, 0.717) is 18.3 Å². The van der Waals surface area contributed by atoms with E-state index in [1.54, 1.807) is 30.2 Å². The third-order valence-corrected chi connectivity index (χ3v) is 3.84. The number of aryl methyl sites for hydroxylation is 2. The summed E-state index contributed by atoms with van der Waals surface area (Å²) in [7, 11) is 1.80. The van der Waals surface area contributed by atoms with Gasteiger partial charge in [-0.25, -0.2) is 14.8 Å². The van der Waals surface area contributed by atoms with Crippen molar-refractivity contribution >= 4 is 17.8 Å². The van der Waals surface area contributed by atoms with Crippen LogP contribution in [0.4, 0.5) is 16.6 Å². The van der Waals surface area contributed by atoms with Crippen molar-refractivity contribution < 1.29 is 4.79 Å². The Morgan fingerprint density at radius 2 is 2.13 bits per heavy atom. The predicted octanol–water partition coefficient (Wildman–Crippen LogP) is 1.31. The van der Waals surface area contributed by atoms with Crippen LogP contribution in [-0.2, 0) is 7.05 Å². The van der Waals surface area contributed by atoms with Gasteiger partial charge in [-0.1, -0.05) is 0 Å². The molecule has 2 aromatic rings. The summed E-state index contributed by atoms with van der Waals surface area (Å²) in [5.41, 5.74) is 0.868. The van der Waals surface area contributed by atoms with Gasteiger partial charge in [0.1, 0.15) is 5.82 Å². The number of carbonyl (C=O) groups is 1. The molecule has 0 aliphatic carbocycles. The summed E-state index contributed by atoms with van der Waals surface area (Å²) in [6.07, 6.45) is 5.41. The standard InChI is InChI=1S/C15H21N7O/c1-11-9-13(21(2)20-11)19-15(23)18-12-5-3-8-22(10-12)14-16-6-4-7-17-14/h4,6-7,9,12H,3,5,8,10H2,1-2H3,(H2,18,19,23). The summed E-state index contributed by atoms with van der Waals surface area (Å²) in [5.74, 6) is 1.39. The van der Waals surface area contributed by atoms with Crippen LogP contribution in [0.2, 0.25) is 0 Å². The molecule has 1 aliphatic rings. The first-order chi connectivity index (χ1) is 11.1. The molecule has 23 heavy (non-hydrogen) atoms. The minimum Gasteiger partial charge on any atom is -0.339 e. The number of hydrogen-bond donors (Lipinski definition) is 2. The lowest BCUT2D eigenvalue weighted by molar-refractivity contribution is 0.246. The number of nitrogens with zero attached hydrogens (tertiary/aromatic N) is 5. The van der Waals surface area contributed by atoms with Gasteiger partial charge in [0.2, 0.25) is 5.95 Å². The first kappa shape index (κ1) is 15.3. The molecule has 1 unspecified atom stereocenters. The molecule has 1 saturated heterocycles. The molecule has 1 fully saturated rings. The Labute approximate surface area is 134 Å². The van der Waals surface area contributed by atoms with E-state index in [1.807, 2.05) is 13.0 Å². The Balaban J connectivity index is 1.57. The number of piperidine rings is 1.